The van der Waals surface area contributed by atoms with E-state index < -0.39 is 0 Å². The molecular weight excluding hydrogens is 472 g/mol. The number of anilines is 1. The quantitative estimate of drug-likeness (QED) is 0.459. The summed E-state index contributed by atoms with van der Waals surface area (Å²) in [7, 11) is 0. The van der Waals surface area contributed by atoms with E-state index in [9.17, 15) is 9.90 Å². The predicted molar refractivity (Wildman–Crippen MR) is 154 cm³/mol. The first-order valence-electron chi connectivity index (χ1n) is 15.8. The summed E-state index contributed by atoms with van der Waals surface area (Å²) >= 11 is 0. The van der Waals surface area contributed by atoms with Crippen LogP contribution in [0.25, 0.3) is 0 Å². The molecule has 4 aliphatic rings. The maximum absolute atomic E-state index is 12.8. The molecule has 0 radical (unpaired) electrons. The van der Waals surface area contributed by atoms with Crippen LogP contribution < -0.4 is 4.90 Å². The van der Waals surface area contributed by atoms with E-state index in [1.54, 1.807) is 0 Å². The number of nitrogens with zero attached hydrogens (tertiary/aromatic N) is 4. The molecule has 0 aromatic carbocycles. The Labute approximate surface area is 231 Å². The molecule has 1 saturated heterocycles. The lowest BCUT2D eigenvalue weighted by Crippen LogP contribution is -2.47. The number of carbonyl (C=O) groups excluding carboxylic acids is 1. The summed E-state index contributed by atoms with van der Waals surface area (Å²) in [5, 5.41) is 9.72. The van der Waals surface area contributed by atoms with Gasteiger partial charge in [0.25, 0.3) is 0 Å². The predicted octanol–water partition coefficient (Wildman–Crippen LogP) is 5.87. The van der Waals surface area contributed by atoms with Crippen molar-refractivity contribution in [1.29, 1.82) is 0 Å². The molecule has 3 aliphatic carbocycles. The van der Waals surface area contributed by atoms with Crippen molar-refractivity contribution in [2.75, 3.05) is 37.6 Å². The minimum absolute atomic E-state index is 0.0257. The van der Waals surface area contributed by atoms with Crippen LogP contribution in [0.3, 0.4) is 0 Å². The van der Waals surface area contributed by atoms with Crippen LogP contribution in [-0.4, -0.2) is 64.6 Å². The lowest BCUT2D eigenvalue weighted by molar-refractivity contribution is -0.125. The molecule has 0 spiro atoms. The summed E-state index contributed by atoms with van der Waals surface area (Å²) in [6.45, 7) is 12.2. The first kappa shape index (κ1) is 28.0. The van der Waals surface area contributed by atoms with Gasteiger partial charge >= 0.3 is 0 Å². The number of aliphatic hydroxyl groups is 1. The zero-order valence-electron chi connectivity index (χ0n) is 24.3. The van der Waals surface area contributed by atoms with Gasteiger partial charge in [-0.1, -0.05) is 40.0 Å². The Balaban J connectivity index is 1.04. The topological polar surface area (TPSA) is 69.6 Å². The molecule has 1 aromatic heterocycles. The lowest BCUT2D eigenvalue weighted by atomic mass is 9.75. The molecule has 1 N–H and O–H groups in total. The van der Waals surface area contributed by atoms with Crippen molar-refractivity contribution in [3.05, 3.63) is 17.6 Å². The largest absolute Gasteiger partial charge is 0.393 e. The van der Waals surface area contributed by atoms with Crippen LogP contribution in [0, 0.1) is 17.8 Å². The summed E-state index contributed by atoms with van der Waals surface area (Å²) in [4.78, 5) is 27.9. The van der Waals surface area contributed by atoms with Crippen LogP contribution in [0.5, 0.6) is 0 Å². The van der Waals surface area contributed by atoms with Gasteiger partial charge in [-0.05, 0) is 76.2 Å². The van der Waals surface area contributed by atoms with Crippen molar-refractivity contribution >= 4 is 11.6 Å². The second-order valence-corrected chi connectivity index (χ2v) is 14.0. The van der Waals surface area contributed by atoms with Crippen molar-refractivity contribution in [3.63, 3.8) is 0 Å². The number of Topliss-reactive ketones (excluding diaryl/α,β-unsaturated/α-hetero) is 1. The number of carbonyl (C=O) groups is 1. The Bertz CT molecular complexity index is 916. The number of rotatable bonds is 8. The molecule has 3 saturated carbocycles. The molecule has 1 aliphatic heterocycles. The fraction of sp³-hybridized carbons (Fsp3) is 0.844. The molecule has 0 atom stereocenters. The fourth-order valence-corrected chi connectivity index (χ4v) is 7.00. The number of ketones is 1. The number of hydrogen-bond donors (Lipinski definition) is 1. The van der Waals surface area contributed by atoms with Crippen molar-refractivity contribution in [1.82, 2.24) is 14.9 Å². The average Bonchev–Trinajstić information content (AvgIpc) is 2.87. The summed E-state index contributed by atoms with van der Waals surface area (Å²) in [5.74, 6) is 4.90. The van der Waals surface area contributed by atoms with Gasteiger partial charge in [-0.2, -0.15) is 0 Å². The van der Waals surface area contributed by atoms with E-state index in [1.165, 1.54) is 63.6 Å². The van der Waals surface area contributed by atoms with Gasteiger partial charge in [-0.3, -0.25) is 9.69 Å². The zero-order valence-corrected chi connectivity index (χ0v) is 24.3. The van der Waals surface area contributed by atoms with E-state index in [-0.39, 0.29) is 17.4 Å². The third-order valence-corrected chi connectivity index (χ3v) is 10.1. The lowest BCUT2D eigenvalue weighted by Gasteiger charge is -2.37. The third kappa shape index (κ3) is 7.15. The molecule has 5 rings (SSSR count). The smallest absolute Gasteiger partial charge is 0.136 e. The van der Waals surface area contributed by atoms with E-state index in [2.05, 4.69) is 36.6 Å². The summed E-state index contributed by atoms with van der Waals surface area (Å²) in [5.41, 5.74) is 1.24. The van der Waals surface area contributed by atoms with Crippen LogP contribution in [0.15, 0.2) is 6.07 Å². The highest BCUT2D eigenvalue weighted by Crippen LogP contribution is 2.38. The Morgan fingerprint density at radius 2 is 1.55 bits per heavy atom. The molecule has 0 bridgehead atoms. The average molecular weight is 525 g/mol. The van der Waals surface area contributed by atoms with Crippen LogP contribution in [0.1, 0.15) is 122 Å². The highest BCUT2D eigenvalue weighted by molar-refractivity contribution is 5.81. The Morgan fingerprint density at radius 1 is 0.895 bits per heavy atom. The Morgan fingerprint density at radius 3 is 2.16 bits per heavy atom. The van der Waals surface area contributed by atoms with E-state index in [1.807, 2.05) is 0 Å². The maximum Gasteiger partial charge on any atom is 0.136 e. The van der Waals surface area contributed by atoms with Crippen molar-refractivity contribution in [2.24, 2.45) is 17.8 Å². The number of aromatic nitrogens is 2. The monoisotopic (exact) mass is 524 g/mol. The van der Waals surface area contributed by atoms with E-state index >= 15 is 0 Å². The van der Waals surface area contributed by atoms with Crippen LogP contribution in [-0.2, 0) is 10.2 Å². The third-order valence-electron chi connectivity index (χ3n) is 10.1. The molecule has 6 heteroatoms. The molecule has 212 valence electrons. The van der Waals surface area contributed by atoms with Crippen molar-refractivity contribution in [3.8, 4) is 0 Å². The highest BCUT2D eigenvalue weighted by Gasteiger charge is 2.30. The molecule has 6 nitrogen and oxygen atoms in total. The minimum atomic E-state index is -0.170. The number of piperazine rings is 1. The standard InChI is InChI=1S/C32H52N4O2/c1-32(2,3)31-33-28(25-5-4-6-25)22-30(34-31)36-19-17-35(18-20-36)16-15-23-7-9-24(10-8-23)21-29(38)26-11-13-27(37)14-12-26/h22-27,37H,4-21H2,1-3H3. The summed E-state index contributed by atoms with van der Waals surface area (Å²) in [6.07, 6.45) is 14.3. The van der Waals surface area contributed by atoms with Gasteiger partial charge in [0.2, 0.25) is 0 Å². The first-order chi connectivity index (χ1) is 18.2. The second kappa shape index (κ2) is 12.3. The van der Waals surface area contributed by atoms with Gasteiger partial charge in [0, 0.05) is 61.6 Å². The fourth-order valence-electron chi connectivity index (χ4n) is 7.00. The summed E-state index contributed by atoms with van der Waals surface area (Å²) in [6, 6.07) is 2.29. The van der Waals surface area contributed by atoms with Gasteiger partial charge in [0.15, 0.2) is 0 Å². The number of hydrogen-bond acceptors (Lipinski definition) is 6. The molecule has 4 fully saturated rings. The molecule has 0 unspecified atom stereocenters. The van der Waals surface area contributed by atoms with Crippen LogP contribution >= 0.6 is 0 Å². The Kier molecular flexibility index (Phi) is 9.09. The van der Waals surface area contributed by atoms with E-state index in [4.69, 9.17) is 9.97 Å². The van der Waals surface area contributed by atoms with Gasteiger partial charge in [-0.25, -0.2) is 9.97 Å². The van der Waals surface area contributed by atoms with Crippen LogP contribution in [0.4, 0.5) is 5.82 Å². The van der Waals surface area contributed by atoms with Crippen molar-refractivity contribution in [2.45, 2.75) is 122 Å². The summed E-state index contributed by atoms with van der Waals surface area (Å²) < 4.78 is 0. The Hall–Kier alpha value is -1.53. The molecule has 0 amide bonds. The van der Waals surface area contributed by atoms with Gasteiger partial charge in [-0.15, -0.1) is 0 Å². The maximum atomic E-state index is 12.8. The first-order valence-corrected chi connectivity index (χ1v) is 15.8. The molecule has 1 aromatic rings. The van der Waals surface area contributed by atoms with E-state index in [0.29, 0.717) is 17.6 Å². The van der Waals surface area contributed by atoms with Gasteiger partial charge in [0.05, 0.1) is 6.10 Å². The SMILES string of the molecule is CC(C)(C)c1nc(C2CCC2)cc(N2CCN(CCC3CCC(CC(=O)C4CCC(O)CC4)CC3)CC2)n1. The zero-order chi connectivity index (χ0) is 26.7. The molecule has 38 heavy (non-hydrogen) atoms. The normalized spacial score (nSPS) is 29.7. The van der Waals surface area contributed by atoms with Crippen molar-refractivity contribution < 1.29 is 9.90 Å². The van der Waals surface area contributed by atoms with E-state index in [0.717, 1.165) is 75.8 Å². The van der Waals surface area contributed by atoms with Gasteiger partial charge < -0.3 is 10.0 Å². The number of aliphatic hydroxyl groups excluding tert-OH is 1. The highest BCUT2D eigenvalue weighted by atomic mass is 16.3. The minimum Gasteiger partial charge on any atom is -0.393 e. The van der Waals surface area contributed by atoms with Crippen LogP contribution in [0.2, 0.25) is 0 Å². The second-order valence-electron chi connectivity index (χ2n) is 14.0. The van der Waals surface area contributed by atoms with Gasteiger partial charge in [0.1, 0.15) is 17.4 Å². The molecular formula is C32H52N4O2. The molecule has 2 heterocycles.